The molecule has 24 heavy (non-hydrogen) atoms. The number of para-hydroxylation sites is 1. The van der Waals surface area contributed by atoms with E-state index in [0.717, 1.165) is 34.5 Å². The first-order chi connectivity index (χ1) is 11.7. The van der Waals surface area contributed by atoms with Crippen molar-refractivity contribution in [1.29, 1.82) is 0 Å². The quantitative estimate of drug-likeness (QED) is 0.888. The van der Waals surface area contributed by atoms with Crippen LogP contribution in [-0.4, -0.2) is 18.9 Å². The maximum atomic E-state index is 12.2. The van der Waals surface area contributed by atoms with Crippen molar-refractivity contribution in [2.75, 3.05) is 12.4 Å². The molecule has 5 nitrogen and oxygen atoms in total. The van der Waals surface area contributed by atoms with E-state index in [2.05, 4.69) is 10.6 Å². The van der Waals surface area contributed by atoms with Crippen LogP contribution in [0.25, 0.3) is 0 Å². The Morgan fingerprint density at radius 1 is 1.21 bits per heavy atom. The molecule has 0 saturated heterocycles. The van der Waals surface area contributed by atoms with Crippen LogP contribution in [0.5, 0.6) is 5.75 Å². The zero-order chi connectivity index (χ0) is 16.9. The fourth-order valence-electron chi connectivity index (χ4n) is 2.83. The number of aryl methyl sites for hydroxylation is 1. The molecule has 0 saturated carbocycles. The Bertz CT molecular complexity index is 771. The van der Waals surface area contributed by atoms with Gasteiger partial charge in [-0.25, -0.2) is 0 Å². The first-order valence-corrected chi connectivity index (χ1v) is 7.96. The van der Waals surface area contributed by atoms with Crippen molar-refractivity contribution in [1.82, 2.24) is 5.32 Å². The molecule has 1 aliphatic heterocycles. The van der Waals surface area contributed by atoms with Gasteiger partial charge in [0.05, 0.1) is 13.5 Å². The lowest BCUT2D eigenvalue weighted by molar-refractivity contribution is -0.120. The molecule has 2 amide bonds. The van der Waals surface area contributed by atoms with Gasteiger partial charge in [0.1, 0.15) is 5.75 Å². The predicted octanol–water partition coefficient (Wildman–Crippen LogP) is 2.44. The molecule has 2 aromatic carbocycles. The van der Waals surface area contributed by atoms with E-state index in [1.807, 2.05) is 42.5 Å². The Labute approximate surface area is 141 Å². The van der Waals surface area contributed by atoms with Crippen LogP contribution >= 0.6 is 0 Å². The highest BCUT2D eigenvalue weighted by molar-refractivity contribution is 5.93. The second kappa shape index (κ2) is 7.17. The molecule has 3 rings (SSSR count). The van der Waals surface area contributed by atoms with Crippen LogP contribution in [0.4, 0.5) is 5.69 Å². The normalized spacial score (nSPS) is 13.0. The van der Waals surface area contributed by atoms with E-state index in [9.17, 15) is 9.59 Å². The highest BCUT2D eigenvalue weighted by atomic mass is 16.5. The molecule has 0 fully saturated rings. The number of benzene rings is 2. The van der Waals surface area contributed by atoms with E-state index < -0.39 is 0 Å². The fraction of sp³-hybridized carbons (Fsp3) is 0.263. The van der Waals surface area contributed by atoms with Crippen LogP contribution in [0.15, 0.2) is 42.5 Å². The lowest BCUT2D eigenvalue weighted by Gasteiger charge is -2.17. The van der Waals surface area contributed by atoms with Crippen molar-refractivity contribution in [3.63, 3.8) is 0 Å². The molecule has 1 heterocycles. The van der Waals surface area contributed by atoms with E-state index in [0.29, 0.717) is 13.0 Å². The molecule has 2 aromatic rings. The van der Waals surface area contributed by atoms with Crippen LogP contribution in [0, 0.1) is 0 Å². The number of rotatable bonds is 5. The largest absolute Gasteiger partial charge is 0.496 e. The van der Waals surface area contributed by atoms with Crippen molar-refractivity contribution < 1.29 is 14.3 Å². The number of hydrogen-bond acceptors (Lipinski definition) is 3. The number of carbonyl (C=O) groups excluding carboxylic acids is 2. The smallest absolute Gasteiger partial charge is 0.224 e. The van der Waals surface area contributed by atoms with Crippen molar-refractivity contribution in [2.45, 2.75) is 25.8 Å². The molecule has 0 aliphatic carbocycles. The van der Waals surface area contributed by atoms with Gasteiger partial charge in [-0.15, -0.1) is 0 Å². The van der Waals surface area contributed by atoms with E-state index >= 15 is 0 Å². The molecule has 0 unspecified atom stereocenters. The molecule has 2 N–H and O–H groups in total. The third-order valence-electron chi connectivity index (χ3n) is 4.10. The molecule has 0 aromatic heterocycles. The van der Waals surface area contributed by atoms with Crippen LogP contribution in [-0.2, 0) is 29.0 Å². The minimum atomic E-state index is -0.0504. The maximum absolute atomic E-state index is 12.2. The number of hydrogen-bond donors (Lipinski definition) is 2. The van der Waals surface area contributed by atoms with Crippen molar-refractivity contribution >= 4 is 17.5 Å². The topological polar surface area (TPSA) is 67.4 Å². The second-order valence-electron chi connectivity index (χ2n) is 5.81. The highest BCUT2D eigenvalue weighted by Gasteiger charge is 2.15. The summed E-state index contributed by atoms with van der Waals surface area (Å²) in [5.41, 5.74) is 3.88. The van der Waals surface area contributed by atoms with Gasteiger partial charge < -0.3 is 15.4 Å². The van der Waals surface area contributed by atoms with Gasteiger partial charge in [0.2, 0.25) is 11.8 Å². The summed E-state index contributed by atoms with van der Waals surface area (Å²) in [5, 5.41) is 5.79. The Morgan fingerprint density at radius 3 is 2.88 bits per heavy atom. The van der Waals surface area contributed by atoms with Gasteiger partial charge in [-0.05, 0) is 29.7 Å². The molecular weight excluding hydrogens is 304 g/mol. The van der Waals surface area contributed by atoms with Gasteiger partial charge in [-0.2, -0.15) is 0 Å². The van der Waals surface area contributed by atoms with Crippen LogP contribution in [0.3, 0.4) is 0 Å². The average Bonchev–Trinajstić information content (AvgIpc) is 2.60. The molecule has 1 aliphatic rings. The first-order valence-electron chi connectivity index (χ1n) is 7.96. The Kier molecular flexibility index (Phi) is 4.79. The third kappa shape index (κ3) is 3.74. The number of amides is 2. The zero-order valence-electron chi connectivity index (χ0n) is 13.6. The summed E-state index contributed by atoms with van der Waals surface area (Å²) in [5.74, 6) is 0.725. The Balaban J connectivity index is 1.59. The Hall–Kier alpha value is -2.82. The van der Waals surface area contributed by atoms with Crippen molar-refractivity contribution in [3.8, 4) is 5.75 Å². The number of anilines is 1. The molecular formula is C19H20N2O3. The standard InChI is InChI=1S/C19H20N2O3/c1-24-17-5-3-2-4-15(17)11-19(23)20-12-13-6-8-16-14(10-13)7-9-18(22)21-16/h2-6,8,10H,7,9,11-12H2,1H3,(H,20,23)(H,21,22). The number of carbonyl (C=O) groups is 2. The minimum Gasteiger partial charge on any atom is -0.496 e. The summed E-state index contributed by atoms with van der Waals surface area (Å²) in [6, 6.07) is 13.4. The van der Waals surface area contributed by atoms with Crippen LogP contribution in [0.1, 0.15) is 23.1 Å². The lowest BCUT2D eigenvalue weighted by atomic mass is 10.0. The van der Waals surface area contributed by atoms with Gasteiger partial charge in [0, 0.05) is 24.2 Å². The van der Waals surface area contributed by atoms with Gasteiger partial charge in [-0.1, -0.05) is 30.3 Å². The van der Waals surface area contributed by atoms with Crippen LogP contribution in [0.2, 0.25) is 0 Å². The summed E-state index contributed by atoms with van der Waals surface area (Å²) in [7, 11) is 1.60. The summed E-state index contributed by atoms with van der Waals surface area (Å²) < 4.78 is 5.27. The molecule has 0 bridgehead atoms. The van der Waals surface area contributed by atoms with E-state index in [1.165, 1.54) is 0 Å². The minimum absolute atomic E-state index is 0.0504. The third-order valence-corrected chi connectivity index (χ3v) is 4.10. The lowest BCUT2D eigenvalue weighted by Crippen LogP contribution is -2.25. The first kappa shape index (κ1) is 16.1. The summed E-state index contributed by atoms with van der Waals surface area (Å²) in [6.45, 7) is 0.467. The van der Waals surface area contributed by atoms with E-state index in [4.69, 9.17) is 4.74 Å². The van der Waals surface area contributed by atoms with Gasteiger partial charge in [0.25, 0.3) is 0 Å². The molecule has 0 atom stereocenters. The van der Waals surface area contributed by atoms with Gasteiger partial charge >= 0.3 is 0 Å². The average molecular weight is 324 g/mol. The zero-order valence-corrected chi connectivity index (χ0v) is 13.6. The van der Waals surface area contributed by atoms with E-state index in [-0.39, 0.29) is 18.2 Å². The number of ether oxygens (including phenoxy) is 1. The van der Waals surface area contributed by atoms with Crippen molar-refractivity contribution in [2.24, 2.45) is 0 Å². The molecule has 0 spiro atoms. The maximum Gasteiger partial charge on any atom is 0.224 e. The number of fused-ring (bicyclic) bond motifs is 1. The molecule has 5 heteroatoms. The van der Waals surface area contributed by atoms with Crippen LogP contribution < -0.4 is 15.4 Å². The summed E-state index contributed by atoms with van der Waals surface area (Å²) in [4.78, 5) is 23.5. The van der Waals surface area contributed by atoms with Gasteiger partial charge in [-0.3, -0.25) is 9.59 Å². The molecule has 0 radical (unpaired) electrons. The fourth-order valence-corrected chi connectivity index (χ4v) is 2.83. The monoisotopic (exact) mass is 324 g/mol. The van der Waals surface area contributed by atoms with Crippen molar-refractivity contribution in [3.05, 3.63) is 59.2 Å². The van der Waals surface area contributed by atoms with E-state index in [1.54, 1.807) is 7.11 Å². The summed E-state index contributed by atoms with van der Waals surface area (Å²) in [6.07, 6.45) is 1.53. The van der Waals surface area contributed by atoms with Gasteiger partial charge in [0.15, 0.2) is 0 Å². The number of nitrogens with one attached hydrogen (secondary N) is 2. The highest BCUT2D eigenvalue weighted by Crippen LogP contribution is 2.23. The Morgan fingerprint density at radius 2 is 2.04 bits per heavy atom. The second-order valence-corrected chi connectivity index (χ2v) is 5.81. The summed E-state index contributed by atoms with van der Waals surface area (Å²) >= 11 is 0. The molecule has 124 valence electrons. The SMILES string of the molecule is COc1ccccc1CC(=O)NCc1ccc2c(c1)CCC(=O)N2. The number of methoxy groups -OCH3 is 1. The predicted molar refractivity (Wildman–Crippen MR) is 91.9 cm³/mol.